The van der Waals surface area contributed by atoms with Gasteiger partial charge in [0.2, 0.25) is 5.91 Å². The first kappa shape index (κ1) is 22.8. The Balaban J connectivity index is 1.67. The van der Waals surface area contributed by atoms with Crippen LogP contribution in [-0.2, 0) is 11.2 Å². The van der Waals surface area contributed by atoms with Crippen molar-refractivity contribution in [1.82, 2.24) is 9.97 Å². The van der Waals surface area contributed by atoms with Crippen molar-refractivity contribution in [2.45, 2.75) is 43.4 Å². The molecule has 0 spiro atoms. The Bertz CT molecular complexity index is 1090. The Hall–Kier alpha value is -2.89. The highest BCUT2D eigenvalue weighted by atomic mass is 32.2. The molecule has 3 rings (SSSR count). The van der Waals surface area contributed by atoms with Gasteiger partial charge in [-0.25, -0.2) is 9.97 Å². The first-order valence-electron chi connectivity index (χ1n) is 10.0. The van der Waals surface area contributed by atoms with Gasteiger partial charge in [-0.15, -0.1) is 11.3 Å². The van der Waals surface area contributed by atoms with Crippen LogP contribution in [0.15, 0.2) is 46.8 Å². The zero-order valence-electron chi connectivity index (χ0n) is 17.7. The Kier molecular flexibility index (Phi) is 8.04. The molecular formula is C23H24N4O2S2. The van der Waals surface area contributed by atoms with E-state index in [9.17, 15) is 10.1 Å². The van der Waals surface area contributed by atoms with E-state index in [4.69, 9.17) is 4.74 Å². The highest BCUT2D eigenvalue weighted by Crippen LogP contribution is 2.29. The van der Waals surface area contributed by atoms with Crippen molar-refractivity contribution in [3.63, 3.8) is 0 Å². The summed E-state index contributed by atoms with van der Waals surface area (Å²) in [6.07, 6.45) is 2.98. The molecule has 0 saturated heterocycles. The predicted octanol–water partition coefficient (Wildman–Crippen LogP) is 5.55. The van der Waals surface area contributed by atoms with Crippen molar-refractivity contribution in [3.05, 3.63) is 53.0 Å². The second-order valence-electron chi connectivity index (χ2n) is 6.89. The smallest absolute Gasteiger partial charge is 0.239 e. The van der Waals surface area contributed by atoms with Crippen LogP contribution in [0.2, 0.25) is 0 Å². The van der Waals surface area contributed by atoms with E-state index in [-0.39, 0.29) is 5.91 Å². The van der Waals surface area contributed by atoms with Gasteiger partial charge in [-0.1, -0.05) is 37.2 Å². The molecule has 160 valence electrons. The fraction of sp³-hybridized carbons (Fsp3) is 0.304. The normalized spacial score (nSPS) is 11.5. The predicted molar refractivity (Wildman–Crippen MR) is 126 cm³/mol. The number of ether oxygens (including phenoxy) is 1. The average Bonchev–Trinajstić information content (AvgIpc) is 3.26. The number of aromatic nitrogens is 2. The third kappa shape index (κ3) is 6.06. The van der Waals surface area contributed by atoms with Gasteiger partial charge in [-0.2, -0.15) is 5.26 Å². The molecule has 0 fully saturated rings. The number of unbranched alkanes of at least 4 members (excludes halogenated alkanes) is 1. The number of carbonyl (C=O) groups excluding carboxylic acids is 1. The van der Waals surface area contributed by atoms with Gasteiger partial charge in [-0.05, 0) is 44.0 Å². The van der Waals surface area contributed by atoms with Gasteiger partial charge in [-0.3, -0.25) is 4.79 Å². The summed E-state index contributed by atoms with van der Waals surface area (Å²) < 4.78 is 5.26. The van der Waals surface area contributed by atoms with E-state index in [1.54, 1.807) is 20.1 Å². The molecule has 0 saturated carbocycles. The molecule has 31 heavy (non-hydrogen) atoms. The minimum absolute atomic E-state index is 0.179. The molecule has 1 N–H and O–H groups in total. The number of anilines is 1. The average molecular weight is 453 g/mol. The number of nitrogens with zero attached hydrogens (tertiary/aromatic N) is 3. The molecule has 1 amide bonds. The zero-order valence-corrected chi connectivity index (χ0v) is 19.3. The Morgan fingerprint density at radius 1 is 1.32 bits per heavy atom. The number of thiazole rings is 1. The molecule has 0 radical (unpaired) electrons. The van der Waals surface area contributed by atoms with Crippen molar-refractivity contribution in [2.75, 3.05) is 12.4 Å². The van der Waals surface area contributed by atoms with Crippen molar-refractivity contribution < 1.29 is 9.53 Å². The highest BCUT2D eigenvalue weighted by Gasteiger charge is 2.19. The lowest BCUT2D eigenvalue weighted by Gasteiger charge is -2.12. The first-order valence-corrected chi connectivity index (χ1v) is 11.8. The topological polar surface area (TPSA) is 87.9 Å². The van der Waals surface area contributed by atoms with Crippen LogP contribution in [0.25, 0.3) is 11.3 Å². The van der Waals surface area contributed by atoms with E-state index in [1.165, 1.54) is 23.1 Å². The number of amides is 1. The minimum atomic E-state index is -0.426. The molecule has 0 bridgehead atoms. The van der Waals surface area contributed by atoms with Gasteiger partial charge in [0, 0.05) is 16.6 Å². The monoisotopic (exact) mass is 452 g/mol. The van der Waals surface area contributed by atoms with Gasteiger partial charge in [0.15, 0.2) is 5.13 Å². The van der Waals surface area contributed by atoms with Crippen LogP contribution in [0.3, 0.4) is 0 Å². The number of pyridine rings is 1. The number of aryl methyl sites for hydroxylation is 1. The molecule has 1 aromatic carbocycles. The summed E-state index contributed by atoms with van der Waals surface area (Å²) in [6, 6.07) is 13.5. The Morgan fingerprint density at radius 3 is 2.90 bits per heavy atom. The second-order valence-corrected chi connectivity index (χ2v) is 9.08. The van der Waals surface area contributed by atoms with Gasteiger partial charge >= 0.3 is 0 Å². The maximum absolute atomic E-state index is 12.7. The van der Waals surface area contributed by atoms with E-state index in [0.29, 0.717) is 15.7 Å². The van der Waals surface area contributed by atoms with Crippen LogP contribution in [0.5, 0.6) is 5.75 Å². The molecule has 1 atom stereocenters. The lowest BCUT2D eigenvalue weighted by Crippen LogP contribution is -2.22. The number of methoxy groups -OCH3 is 1. The van der Waals surface area contributed by atoms with Crippen LogP contribution in [0, 0.1) is 11.3 Å². The summed E-state index contributed by atoms with van der Waals surface area (Å²) >= 11 is 2.66. The molecule has 0 aliphatic rings. The summed E-state index contributed by atoms with van der Waals surface area (Å²) in [4.78, 5) is 21.9. The summed E-state index contributed by atoms with van der Waals surface area (Å²) in [5.74, 6) is 0.573. The molecule has 8 heteroatoms. The van der Waals surface area contributed by atoms with Crippen LogP contribution >= 0.6 is 23.1 Å². The number of hydrogen-bond acceptors (Lipinski definition) is 7. The molecule has 6 nitrogen and oxygen atoms in total. The Labute approximate surface area is 190 Å². The SMILES string of the molecule is CCCCc1ccc(C#N)c(SC(C)C(=O)Nc2nc(-c3cccc(OC)c3)cs2)n1. The second kappa shape index (κ2) is 10.9. The van der Waals surface area contributed by atoms with E-state index in [1.807, 2.05) is 35.7 Å². The molecule has 1 unspecified atom stereocenters. The number of benzene rings is 1. The van der Waals surface area contributed by atoms with Gasteiger partial charge in [0.05, 0.1) is 23.6 Å². The van der Waals surface area contributed by atoms with E-state index < -0.39 is 5.25 Å². The fourth-order valence-corrected chi connectivity index (χ4v) is 4.46. The third-order valence-electron chi connectivity index (χ3n) is 4.58. The van der Waals surface area contributed by atoms with Crippen molar-refractivity contribution in [2.24, 2.45) is 0 Å². The number of hydrogen-bond donors (Lipinski definition) is 1. The van der Waals surface area contributed by atoms with Crippen molar-refractivity contribution >= 4 is 34.1 Å². The van der Waals surface area contributed by atoms with Crippen molar-refractivity contribution in [3.8, 4) is 23.1 Å². The first-order chi connectivity index (χ1) is 15.0. The summed E-state index contributed by atoms with van der Waals surface area (Å²) in [5, 5.41) is 14.9. The van der Waals surface area contributed by atoms with E-state index in [2.05, 4.69) is 28.3 Å². The molecule has 2 aromatic heterocycles. The lowest BCUT2D eigenvalue weighted by molar-refractivity contribution is -0.115. The largest absolute Gasteiger partial charge is 0.497 e. The zero-order chi connectivity index (χ0) is 22.2. The van der Waals surface area contributed by atoms with Gasteiger partial charge in [0.25, 0.3) is 0 Å². The fourth-order valence-electron chi connectivity index (χ4n) is 2.82. The quantitative estimate of drug-likeness (QED) is 0.428. The number of carbonyl (C=O) groups is 1. The number of thioether (sulfide) groups is 1. The molecular weight excluding hydrogens is 428 g/mol. The molecule has 0 aliphatic heterocycles. The maximum Gasteiger partial charge on any atom is 0.239 e. The third-order valence-corrected chi connectivity index (χ3v) is 6.44. The van der Waals surface area contributed by atoms with Crippen LogP contribution < -0.4 is 10.1 Å². The van der Waals surface area contributed by atoms with Crippen LogP contribution in [0.4, 0.5) is 5.13 Å². The number of nitriles is 1. The summed E-state index contributed by atoms with van der Waals surface area (Å²) in [7, 11) is 1.62. The molecule has 2 heterocycles. The number of nitrogens with one attached hydrogen (secondary N) is 1. The molecule has 3 aromatic rings. The van der Waals surface area contributed by atoms with Crippen LogP contribution in [0.1, 0.15) is 37.9 Å². The van der Waals surface area contributed by atoms with Crippen LogP contribution in [-0.4, -0.2) is 28.2 Å². The maximum atomic E-state index is 12.7. The van der Waals surface area contributed by atoms with E-state index in [0.717, 1.165) is 42.0 Å². The standard InChI is InChI=1S/C23H24N4O2S2/c1-4-5-8-18-11-10-17(13-24)22(25-18)31-15(2)21(28)27-23-26-20(14-30-23)16-7-6-9-19(12-16)29-3/h6-7,9-12,14-15H,4-5,8H2,1-3H3,(H,26,27,28). The van der Waals surface area contributed by atoms with Crippen molar-refractivity contribution in [1.29, 1.82) is 5.26 Å². The Morgan fingerprint density at radius 2 is 2.16 bits per heavy atom. The van der Waals surface area contributed by atoms with Gasteiger partial charge < -0.3 is 10.1 Å². The summed E-state index contributed by atoms with van der Waals surface area (Å²) in [5.41, 5.74) is 3.13. The van der Waals surface area contributed by atoms with E-state index >= 15 is 0 Å². The number of rotatable bonds is 9. The lowest BCUT2D eigenvalue weighted by atomic mass is 10.2. The summed E-state index contributed by atoms with van der Waals surface area (Å²) in [6.45, 7) is 3.93. The molecule has 0 aliphatic carbocycles. The minimum Gasteiger partial charge on any atom is -0.497 e. The van der Waals surface area contributed by atoms with Gasteiger partial charge in [0.1, 0.15) is 16.8 Å². The highest BCUT2D eigenvalue weighted by molar-refractivity contribution is 8.00.